The van der Waals surface area contributed by atoms with Gasteiger partial charge in [-0.25, -0.2) is 4.79 Å². The summed E-state index contributed by atoms with van der Waals surface area (Å²) in [5.74, 6) is -1.40. The van der Waals surface area contributed by atoms with Crippen LogP contribution in [0.15, 0.2) is 60.7 Å². The summed E-state index contributed by atoms with van der Waals surface area (Å²) in [7, 11) is 5.54. The van der Waals surface area contributed by atoms with Gasteiger partial charge in [-0.2, -0.15) is 0 Å². The number of nitrogens with zero attached hydrogens (tertiary/aromatic N) is 1. The topological polar surface area (TPSA) is 146 Å². The zero-order valence-electron chi connectivity index (χ0n) is 22.7. The molecule has 0 saturated carbocycles. The lowest BCUT2D eigenvalue weighted by Crippen LogP contribution is -2.59. The number of carbonyl (C=O) groups excluding carboxylic acids is 4. The predicted molar refractivity (Wildman–Crippen MR) is 152 cm³/mol. The maximum absolute atomic E-state index is 14.1. The van der Waals surface area contributed by atoms with Crippen molar-refractivity contribution in [3.63, 3.8) is 0 Å². The molecule has 40 heavy (non-hydrogen) atoms. The van der Waals surface area contributed by atoms with Crippen molar-refractivity contribution in [2.24, 2.45) is 11.7 Å². The molecule has 210 valence electrons. The van der Waals surface area contributed by atoms with Crippen LogP contribution in [0.3, 0.4) is 0 Å². The average Bonchev–Trinajstić information content (AvgIpc) is 3.35. The number of hydrogen-bond acceptors (Lipinski definition) is 5. The first-order chi connectivity index (χ1) is 19.3. The van der Waals surface area contributed by atoms with Gasteiger partial charge in [-0.1, -0.05) is 67.6 Å². The minimum absolute atomic E-state index is 0.125. The Morgan fingerprint density at radius 1 is 0.975 bits per heavy atom. The van der Waals surface area contributed by atoms with Crippen LogP contribution in [0.25, 0.3) is 0 Å². The first-order valence-electron chi connectivity index (χ1n) is 13.9. The summed E-state index contributed by atoms with van der Waals surface area (Å²) in [5, 5.41) is 11.1. The minimum atomic E-state index is -0.945. The fourth-order valence-electron chi connectivity index (χ4n) is 5.85. The Bertz CT molecular complexity index is 1140. The highest BCUT2D eigenvalue weighted by molar-refractivity contribution is 6.07. The Labute approximate surface area is 236 Å². The van der Waals surface area contributed by atoms with Gasteiger partial charge in [-0.05, 0) is 43.2 Å². The highest BCUT2D eigenvalue weighted by atomic mass is 16.2. The molecule has 0 spiro atoms. The summed E-state index contributed by atoms with van der Waals surface area (Å²) >= 11 is 0. The molecular weight excluding hydrogens is 507 g/mol. The van der Waals surface area contributed by atoms with Crippen LogP contribution in [0.2, 0.25) is 0 Å². The largest absolute Gasteiger partial charge is 0.356 e. The van der Waals surface area contributed by atoms with Gasteiger partial charge in [0, 0.05) is 18.5 Å². The Morgan fingerprint density at radius 3 is 2.12 bits per heavy atom. The van der Waals surface area contributed by atoms with Crippen LogP contribution in [0.5, 0.6) is 0 Å². The zero-order valence-corrected chi connectivity index (χ0v) is 22.7. The molecule has 5 amide bonds. The van der Waals surface area contributed by atoms with Crippen molar-refractivity contribution in [1.82, 2.24) is 26.1 Å². The molecule has 6 N–H and O–H groups in total. The summed E-state index contributed by atoms with van der Waals surface area (Å²) in [6.45, 7) is 1.93. The van der Waals surface area contributed by atoms with E-state index in [9.17, 15) is 19.2 Å². The molecule has 2 radical (unpaired) electrons. The molecule has 11 heteroatoms. The second-order valence-electron chi connectivity index (χ2n) is 10.5. The third kappa shape index (κ3) is 6.64. The van der Waals surface area contributed by atoms with Gasteiger partial charge in [-0.3, -0.25) is 14.4 Å². The maximum Gasteiger partial charge on any atom is 0.312 e. The number of amides is 5. The van der Waals surface area contributed by atoms with E-state index in [1.165, 1.54) is 0 Å². The lowest BCUT2D eigenvalue weighted by Gasteiger charge is -2.33. The van der Waals surface area contributed by atoms with Gasteiger partial charge in [0.25, 0.3) is 0 Å². The molecule has 0 aromatic heterocycles. The SMILES string of the molecule is [B]N[C@@H](CC)C(=O)N[C@@H]1C(=O)N2[C@@H](CC[C@@H]1CNC(N)=O)CC[C@H]2C(=O)NC(c1ccccc1)c1ccccc1. The van der Waals surface area contributed by atoms with Gasteiger partial charge >= 0.3 is 6.03 Å². The number of fused-ring (bicyclic) bond motifs is 1. The molecule has 2 heterocycles. The molecular formula is C29H37BN6O4. The minimum Gasteiger partial charge on any atom is -0.356 e. The van der Waals surface area contributed by atoms with E-state index in [1.807, 2.05) is 60.7 Å². The van der Waals surface area contributed by atoms with E-state index < -0.39 is 36.0 Å². The summed E-state index contributed by atoms with van der Waals surface area (Å²) in [5.41, 5.74) is 7.17. The van der Waals surface area contributed by atoms with Gasteiger partial charge in [0.05, 0.1) is 12.1 Å². The first-order valence-corrected chi connectivity index (χ1v) is 13.9. The van der Waals surface area contributed by atoms with Crippen molar-refractivity contribution in [2.75, 3.05) is 6.54 Å². The normalized spacial score (nSPS) is 23.1. The van der Waals surface area contributed by atoms with Crippen LogP contribution in [-0.2, 0) is 14.4 Å². The number of urea groups is 1. The second-order valence-corrected chi connectivity index (χ2v) is 10.5. The molecule has 2 fully saturated rings. The number of nitrogens with two attached hydrogens (primary N) is 1. The predicted octanol–water partition coefficient (Wildman–Crippen LogP) is 1.27. The molecule has 2 aromatic rings. The number of benzene rings is 2. The average molecular weight is 544 g/mol. The number of hydrogen-bond donors (Lipinski definition) is 5. The lowest BCUT2D eigenvalue weighted by atomic mass is 9.92. The van der Waals surface area contributed by atoms with Crippen molar-refractivity contribution in [2.45, 2.75) is 69.2 Å². The Kier molecular flexibility index (Phi) is 9.81. The van der Waals surface area contributed by atoms with Crippen LogP contribution in [0.1, 0.15) is 56.2 Å². The van der Waals surface area contributed by atoms with Gasteiger partial charge in [-0.15, -0.1) is 0 Å². The zero-order chi connectivity index (χ0) is 28.6. The molecule has 2 saturated heterocycles. The molecule has 2 aliphatic rings. The van der Waals surface area contributed by atoms with E-state index in [1.54, 1.807) is 11.8 Å². The number of carbonyl (C=O) groups is 4. The highest BCUT2D eigenvalue weighted by Gasteiger charge is 2.48. The molecule has 2 aromatic carbocycles. The van der Waals surface area contributed by atoms with Crippen LogP contribution in [-0.4, -0.2) is 67.3 Å². The van der Waals surface area contributed by atoms with Crippen LogP contribution < -0.4 is 26.9 Å². The van der Waals surface area contributed by atoms with E-state index in [4.69, 9.17) is 13.7 Å². The van der Waals surface area contributed by atoms with Crippen molar-refractivity contribution in [3.05, 3.63) is 71.8 Å². The fourth-order valence-corrected chi connectivity index (χ4v) is 5.85. The third-order valence-corrected chi connectivity index (χ3v) is 7.98. The van der Waals surface area contributed by atoms with Crippen LogP contribution in [0, 0.1) is 5.92 Å². The summed E-state index contributed by atoms with van der Waals surface area (Å²) in [6.07, 6.45) is 2.82. The summed E-state index contributed by atoms with van der Waals surface area (Å²) < 4.78 is 0. The number of rotatable bonds is 10. The van der Waals surface area contributed by atoms with Crippen molar-refractivity contribution in [3.8, 4) is 0 Å². The molecule has 2 aliphatic heterocycles. The Balaban J connectivity index is 1.59. The molecule has 5 atom stereocenters. The van der Waals surface area contributed by atoms with E-state index in [0.717, 1.165) is 11.1 Å². The summed E-state index contributed by atoms with van der Waals surface area (Å²) in [6, 6.07) is 15.8. The van der Waals surface area contributed by atoms with E-state index in [-0.39, 0.29) is 30.4 Å². The molecule has 4 rings (SSSR count). The molecule has 0 unspecified atom stereocenters. The monoisotopic (exact) mass is 544 g/mol. The van der Waals surface area contributed by atoms with Gasteiger partial charge in [0.2, 0.25) is 17.7 Å². The molecule has 0 aliphatic carbocycles. The maximum atomic E-state index is 14.1. The molecule has 10 nitrogen and oxygen atoms in total. The quantitative estimate of drug-likeness (QED) is 0.286. The standard InChI is InChI=1S/C29H37BN6O4/c1-2-22(35-30)26(37)34-25-20(17-32-29(31)40)13-14-21-15-16-23(36(21)28(25)39)27(38)33-24(18-9-5-3-6-10-18)19-11-7-4-8-12-19/h3-12,20-25,35H,2,13-17H2,1H3,(H,33,38)(H,34,37)(H3,31,32,40)/t20-,21+,22+,23+,25+/m1/s1. The third-order valence-electron chi connectivity index (χ3n) is 7.98. The lowest BCUT2D eigenvalue weighted by molar-refractivity contribution is -0.143. The van der Waals surface area contributed by atoms with Crippen molar-refractivity contribution < 1.29 is 19.2 Å². The summed E-state index contributed by atoms with van der Waals surface area (Å²) in [4.78, 5) is 54.0. The van der Waals surface area contributed by atoms with Gasteiger partial charge in [0.15, 0.2) is 7.98 Å². The van der Waals surface area contributed by atoms with Crippen LogP contribution >= 0.6 is 0 Å². The first kappa shape index (κ1) is 29.1. The van der Waals surface area contributed by atoms with Gasteiger partial charge in [0.1, 0.15) is 12.1 Å². The number of primary amides is 1. The highest BCUT2D eigenvalue weighted by Crippen LogP contribution is 2.34. The second kappa shape index (κ2) is 13.5. The number of nitrogens with one attached hydrogen (secondary N) is 4. The van der Waals surface area contributed by atoms with E-state index >= 15 is 0 Å². The fraction of sp³-hybridized carbons (Fsp3) is 0.448. The van der Waals surface area contributed by atoms with Gasteiger partial charge < -0.3 is 31.8 Å². The molecule has 0 bridgehead atoms. The smallest absolute Gasteiger partial charge is 0.312 e. The van der Waals surface area contributed by atoms with E-state index in [0.29, 0.717) is 32.1 Å². The van der Waals surface area contributed by atoms with Crippen molar-refractivity contribution >= 4 is 31.7 Å². The van der Waals surface area contributed by atoms with Crippen molar-refractivity contribution in [1.29, 1.82) is 0 Å². The Hall–Kier alpha value is -3.86. The van der Waals surface area contributed by atoms with Crippen LogP contribution in [0.4, 0.5) is 4.79 Å². The van der Waals surface area contributed by atoms with E-state index in [2.05, 4.69) is 21.2 Å². The Morgan fingerprint density at radius 2 is 1.57 bits per heavy atom.